The lowest BCUT2D eigenvalue weighted by atomic mass is 10.1. The van der Waals surface area contributed by atoms with E-state index in [2.05, 4.69) is 18.3 Å². The number of piperazine rings is 1. The number of hydrogen-bond donors (Lipinski definition) is 2. The van der Waals surface area contributed by atoms with E-state index in [1.807, 2.05) is 4.90 Å². The average Bonchev–Trinajstić information content (AvgIpc) is 2.81. The van der Waals surface area contributed by atoms with Crippen LogP contribution in [0, 0.1) is 11.3 Å². The van der Waals surface area contributed by atoms with Gasteiger partial charge < -0.3 is 20.2 Å². The van der Waals surface area contributed by atoms with E-state index in [0.29, 0.717) is 30.6 Å². The lowest BCUT2D eigenvalue weighted by Gasteiger charge is -2.29. The van der Waals surface area contributed by atoms with Crippen LogP contribution < -0.4 is 5.32 Å². The summed E-state index contributed by atoms with van der Waals surface area (Å²) in [7, 11) is 0. The van der Waals surface area contributed by atoms with Crippen LogP contribution in [0.1, 0.15) is 48.5 Å². The number of hydrogen-bond acceptors (Lipinski definition) is 5. The molecule has 0 atom stereocenters. The van der Waals surface area contributed by atoms with Crippen LogP contribution in [0.25, 0.3) is 0 Å². The van der Waals surface area contributed by atoms with Gasteiger partial charge in [0.15, 0.2) is 0 Å². The second kappa shape index (κ2) is 14.1. The fourth-order valence-electron chi connectivity index (χ4n) is 3.04. The minimum Gasteiger partial charge on any atom is -0.475 e. The number of carboxylic acids is 1. The fourth-order valence-corrected chi connectivity index (χ4v) is 3.04. The van der Waals surface area contributed by atoms with Crippen LogP contribution in [0.3, 0.4) is 0 Å². The number of aliphatic carboxylic acids is 1. The SMILES string of the molecule is CCCCCN(CCC(=O)N1CCNCC1)C(=O)c1ccc(C#N)cc1.O=C(O)C(F)(F)F. The van der Waals surface area contributed by atoms with Crippen LogP contribution in [-0.2, 0) is 9.59 Å². The van der Waals surface area contributed by atoms with Crippen LogP contribution in [-0.4, -0.2) is 78.1 Å². The van der Waals surface area contributed by atoms with E-state index in [9.17, 15) is 22.8 Å². The Morgan fingerprint density at radius 2 is 1.70 bits per heavy atom. The molecule has 2 rings (SSSR count). The Balaban J connectivity index is 0.000000675. The molecule has 182 valence electrons. The van der Waals surface area contributed by atoms with Crippen molar-refractivity contribution in [1.29, 1.82) is 5.26 Å². The molecule has 0 radical (unpaired) electrons. The van der Waals surface area contributed by atoms with Gasteiger partial charge in [-0.3, -0.25) is 9.59 Å². The van der Waals surface area contributed by atoms with Crippen molar-refractivity contribution in [3.63, 3.8) is 0 Å². The van der Waals surface area contributed by atoms with Gasteiger partial charge in [0.1, 0.15) is 0 Å². The van der Waals surface area contributed by atoms with Gasteiger partial charge in [0, 0.05) is 51.3 Å². The number of amides is 2. The lowest BCUT2D eigenvalue weighted by Crippen LogP contribution is -2.47. The zero-order chi connectivity index (χ0) is 24.9. The standard InChI is InChI=1S/C20H28N4O2.C2HF3O2/c1-2-3-4-12-24(13-9-19(25)23-14-10-22-11-15-23)20(26)18-7-5-17(16-21)6-8-18;3-2(4,5)1(6)7/h5-8,22H,2-4,9-15H2,1H3;(H,6,7). The predicted molar refractivity (Wildman–Crippen MR) is 114 cm³/mol. The smallest absolute Gasteiger partial charge is 0.475 e. The summed E-state index contributed by atoms with van der Waals surface area (Å²) in [4.78, 5) is 37.8. The quantitative estimate of drug-likeness (QED) is 0.565. The maximum atomic E-state index is 12.8. The summed E-state index contributed by atoms with van der Waals surface area (Å²) in [6.07, 6.45) is -1.66. The molecule has 0 aliphatic carbocycles. The van der Waals surface area contributed by atoms with Gasteiger partial charge in [0.25, 0.3) is 5.91 Å². The van der Waals surface area contributed by atoms with Gasteiger partial charge in [-0.05, 0) is 30.7 Å². The molecule has 1 heterocycles. The van der Waals surface area contributed by atoms with E-state index in [0.717, 1.165) is 45.4 Å². The van der Waals surface area contributed by atoms with Crippen LogP contribution in [0.2, 0.25) is 0 Å². The Morgan fingerprint density at radius 1 is 1.12 bits per heavy atom. The molecule has 2 N–H and O–H groups in total. The molecule has 0 bridgehead atoms. The van der Waals surface area contributed by atoms with E-state index in [-0.39, 0.29) is 11.8 Å². The Bertz CT molecular complexity index is 816. The van der Waals surface area contributed by atoms with E-state index >= 15 is 0 Å². The number of nitrogens with one attached hydrogen (secondary N) is 1. The van der Waals surface area contributed by atoms with Crippen molar-refractivity contribution >= 4 is 17.8 Å². The number of carboxylic acid groups (broad SMARTS) is 1. The first-order valence-electron chi connectivity index (χ1n) is 10.7. The third-order valence-corrected chi connectivity index (χ3v) is 4.89. The number of alkyl halides is 3. The molecule has 1 saturated heterocycles. The molecule has 1 fully saturated rings. The normalized spacial score (nSPS) is 13.4. The molecule has 1 aromatic rings. The molecule has 8 nitrogen and oxygen atoms in total. The highest BCUT2D eigenvalue weighted by Crippen LogP contribution is 2.13. The third kappa shape index (κ3) is 10.4. The van der Waals surface area contributed by atoms with Gasteiger partial charge in [-0.1, -0.05) is 19.8 Å². The average molecular weight is 470 g/mol. The highest BCUT2D eigenvalue weighted by Gasteiger charge is 2.38. The molecular weight excluding hydrogens is 441 g/mol. The first-order valence-corrected chi connectivity index (χ1v) is 10.7. The lowest BCUT2D eigenvalue weighted by molar-refractivity contribution is -0.192. The zero-order valence-corrected chi connectivity index (χ0v) is 18.5. The minimum atomic E-state index is -5.08. The first-order chi connectivity index (χ1) is 15.6. The third-order valence-electron chi connectivity index (χ3n) is 4.89. The number of carbonyl (C=O) groups excluding carboxylic acids is 2. The number of nitriles is 1. The summed E-state index contributed by atoms with van der Waals surface area (Å²) in [6.45, 7) is 6.34. The van der Waals surface area contributed by atoms with E-state index in [1.165, 1.54) is 0 Å². The number of carbonyl (C=O) groups is 3. The summed E-state index contributed by atoms with van der Waals surface area (Å²) in [5, 5.41) is 19.3. The van der Waals surface area contributed by atoms with Crippen LogP contribution in [0.4, 0.5) is 13.2 Å². The summed E-state index contributed by atoms with van der Waals surface area (Å²) in [5.41, 5.74) is 1.10. The second-order valence-electron chi connectivity index (χ2n) is 7.37. The Kier molecular flexibility index (Phi) is 11.9. The molecule has 2 amide bonds. The molecule has 1 aliphatic rings. The van der Waals surface area contributed by atoms with Crippen molar-refractivity contribution < 1.29 is 32.7 Å². The Morgan fingerprint density at radius 3 is 2.18 bits per heavy atom. The molecule has 0 unspecified atom stereocenters. The van der Waals surface area contributed by atoms with Crippen molar-refractivity contribution in [2.24, 2.45) is 0 Å². The van der Waals surface area contributed by atoms with Gasteiger partial charge in [-0.15, -0.1) is 0 Å². The maximum Gasteiger partial charge on any atom is 0.490 e. The number of unbranched alkanes of at least 4 members (excludes halogenated alkanes) is 2. The predicted octanol–water partition coefficient (Wildman–Crippen LogP) is 2.65. The van der Waals surface area contributed by atoms with Crippen molar-refractivity contribution in [2.45, 2.75) is 38.8 Å². The Hall–Kier alpha value is -3.13. The van der Waals surface area contributed by atoms with Gasteiger partial charge >= 0.3 is 12.1 Å². The van der Waals surface area contributed by atoms with E-state index < -0.39 is 12.1 Å². The number of halogens is 3. The number of rotatable bonds is 8. The topological polar surface area (TPSA) is 114 Å². The maximum absolute atomic E-state index is 12.8. The van der Waals surface area contributed by atoms with E-state index in [1.54, 1.807) is 29.2 Å². The second-order valence-corrected chi connectivity index (χ2v) is 7.37. The van der Waals surface area contributed by atoms with Gasteiger partial charge in [0.2, 0.25) is 5.91 Å². The summed E-state index contributed by atoms with van der Waals surface area (Å²) in [6, 6.07) is 8.75. The Labute approximate surface area is 191 Å². The molecule has 11 heteroatoms. The summed E-state index contributed by atoms with van der Waals surface area (Å²) in [5.74, 6) is -2.72. The van der Waals surface area contributed by atoms with Gasteiger partial charge in [0.05, 0.1) is 11.6 Å². The number of benzene rings is 1. The van der Waals surface area contributed by atoms with Gasteiger partial charge in [-0.2, -0.15) is 18.4 Å². The molecule has 0 aromatic heterocycles. The van der Waals surface area contributed by atoms with Crippen molar-refractivity contribution in [3.8, 4) is 6.07 Å². The van der Waals surface area contributed by atoms with Crippen molar-refractivity contribution in [2.75, 3.05) is 39.3 Å². The van der Waals surface area contributed by atoms with Crippen molar-refractivity contribution in [1.82, 2.24) is 15.1 Å². The largest absolute Gasteiger partial charge is 0.490 e. The zero-order valence-electron chi connectivity index (χ0n) is 18.5. The molecule has 1 aromatic carbocycles. The number of nitrogens with zero attached hydrogens (tertiary/aromatic N) is 3. The minimum absolute atomic E-state index is 0.0706. The van der Waals surface area contributed by atoms with Crippen LogP contribution in [0.5, 0.6) is 0 Å². The molecule has 0 saturated carbocycles. The molecule has 33 heavy (non-hydrogen) atoms. The monoisotopic (exact) mass is 470 g/mol. The summed E-state index contributed by atoms with van der Waals surface area (Å²) < 4.78 is 31.7. The van der Waals surface area contributed by atoms with E-state index in [4.69, 9.17) is 15.2 Å². The first kappa shape index (κ1) is 27.9. The molecule has 0 spiro atoms. The molecule has 1 aliphatic heterocycles. The van der Waals surface area contributed by atoms with Crippen LogP contribution in [0.15, 0.2) is 24.3 Å². The highest BCUT2D eigenvalue weighted by molar-refractivity contribution is 5.94. The molecular formula is C22H29F3N4O4. The van der Waals surface area contributed by atoms with Crippen molar-refractivity contribution in [3.05, 3.63) is 35.4 Å². The van der Waals surface area contributed by atoms with Crippen LogP contribution >= 0.6 is 0 Å². The fraction of sp³-hybridized carbons (Fsp3) is 0.545. The highest BCUT2D eigenvalue weighted by atomic mass is 19.4. The summed E-state index contributed by atoms with van der Waals surface area (Å²) >= 11 is 0. The van der Waals surface area contributed by atoms with Gasteiger partial charge in [-0.25, -0.2) is 4.79 Å².